The fourth-order valence-electron chi connectivity index (χ4n) is 0.710. The van der Waals surface area contributed by atoms with Crippen LogP contribution in [0.2, 0.25) is 0 Å². The lowest BCUT2D eigenvalue weighted by atomic mass is 10.0. The molecule has 0 spiro atoms. The third kappa shape index (κ3) is 24.5. The van der Waals surface area contributed by atoms with Crippen molar-refractivity contribution in [3.05, 3.63) is 25.0 Å². The molecule has 2 nitrogen and oxygen atoms in total. The van der Waals surface area contributed by atoms with Crippen molar-refractivity contribution in [3.8, 4) is 0 Å². The molecular formula is C16H32O2. The predicted molar refractivity (Wildman–Crippen MR) is 80.7 cm³/mol. The second kappa shape index (κ2) is 11.3. The average Bonchev–Trinajstić information content (AvgIpc) is 3.08. The highest BCUT2D eigenvalue weighted by Gasteiger charge is 2.22. The highest BCUT2D eigenvalue weighted by atomic mass is 16.6. The fourth-order valence-corrected chi connectivity index (χ4v) is 0.710. The molecule has 1 saturated heterocycles. The summed E-state index contributed by atoms with van der Waals surface area (Å²) in [5, 5.41) is 0. The highest BCUT2D eigenvalue weighted by molar-refractivity contribution is 4.86. The first kappa shape index (κ1) is 19.6. The van der Waals surface area contributed by atoms with Crippen LogP contribution in [0.3, 0.4) is 0 Å². The van der Waals surface area contributed by atoms with E-state index in [9.17, 15) is 0 Å². The van der Waals surface area contributed by atoms with E-state index in [-0.39, 0.29) is 0 Å². The van der Waals surface area contributed by atoms with Gasteiger partial charge in [0.15, 0.2) is 0 Å². The molecule has 0 amide bonds. The van der Waals surface area contributed by atoms with E-state index in [1.54, 1.807) is 0 Å². The van der Waals surface area contributed by atoms with Crippen molar-refractivity contribution in [2.75, 3.05) is 13.2 Å². The number of epoxide rings is 1. The van der Waals surface area contributed by atoms with Crippen molar-refractivity contribution in [1.29, 1.82) is 0 Å². The Morgan fingerprint density at radius 2 is 1.78 bits per heavy atom. The smallest absolute Gasteiger partial charge is 0.116 e. The van der Waals surface area contributed by atoms with Gasteiger partial charge >= 0.3 is 0 Å². The summed E-state index contributed by atoms with van der Waals surface area (Å²) in [4.78, 5) is 0. The minimum Gasteiger partial charge on any atom is -0.496 e. The zero-order valence-electron chi connectivity index (χ0n) is 13.2. The van der Waals surface area contributed by atoms with Crippen molar-refractivity contribution < 1.29 is 9.47 Å². The molecule has 1 fully saturated rings. The van der Waals surface area contributed by atoms with Crippen molar-refractivity contribution in [2.45, 2.75) is 60.5 Å². The molecule has 0 bridgehead atoms. The van der Waals surface area contributed by atoms with E-state index in [0.717, 1.165) is 25.2 Å². The zero-order chi connectivity index (χ0) is 14.6. The molecule has 0 radical (unpaired) electrons. The van der Waals surface area contributed by atoms with Gasteiger partial charge in [-0.05, 0) is 11.8 Å². The van der Waals surface area contributed by atoms with Gasteiger partial charge in [-0.1, -0.05) is 54.2 Å². The number of rotatable bonds is 6. The summed E-state index contributed by atoms with van der Waals surface area (Å²) < 4.78 is 10.3. The molecule has 2 heteroatoms. The summed E-state index contributed by atoms with van der Waals surface area (Å²) in [5.41, 5.74) is 0.500. The SMILES string of the molecule is C=CCCC(=C)OCC1CO1.CC.CC(C)(C)C. The van der Waals surface area contributed by atoms with E-state index in [2.05, 4.69) is 40.9 Å². The third-order valence-electron chi connectivity index (χ3n) is 1.50. The van der Waals surface area contributed by atoms with E-state index in [1.807, 2.05) is 19.9 Å². The van der Waals surface area contributed by atoms with Gasteiger partial charge in [0, 0.05) is 6.42 Å². The lowest BCUT2D eigenvalue weighted by Gasteiger charge is -2.05. The normalized spacial score (nSPS) is 16.4. The van der Waals surface area contributed by atoms with Crippen LogP contribution in [0, 0.1) is 5.41 Å². The lowest BCUT2D eigenvalue weighted by Crippen LogP contribution is -2.00. The van der Waals surface area contributed by atoms with Gasteiger partial charge in [-0.3, -0.25) is 0 Å². The first-order valence-corrected chi connectivity index (χ1v) is 6.86. The molecule has 0 N–H and O–H groups in total. The van der Waals surface area contributed by atoms with Crippen LogP contribution < -0.4 is 0 Å². The molecule has 1 atom stereocenters. The second-order valence-corrected chi connectivity index (χ2v) is 5.63. The Kier molecular flexibility index (Phi) is 12.3. The Morgan fingerprint density at radius 1 is 1.33 bits per heavy atom. The molecule has 0 aromatic carbocycles. The average molecular weight is 256 g/mol. The Hall–Kier alpha value is -0.760. The van der Waals surface area contributed by atoms with Gasteiger partial charge in [-0.2, -0.15) is 0 Å². The maximum absolute atomic E-state index is 5.30. The number of allylic oxidation sites excluding steroid dienone is 2. The lowest BCUT2D eigenvalue weighted by molar-refractivity contribution is 0.177. The van der Waals surface area contributed by atoms with Gasteiger partial charge in [-0.15, -0.1) is 6.58 Å². The molecule has 108 valence electrons. The van der Waals surface area contributed by atoms with E-state index in [1.165, 1.54) is 0 Å². The Balaban J connectivity index is 0. The molecule has 1 heterocycles. The molecule has 0 saturated carbocycles. The van der Waals surface area contributed by atoms with Gasteiger partial charge in [0.05, 0.1) is 12.4 Å². The van der Waals surface area contributed by atoms with Crippen molar-refractivity contribution in [3.63, 3.8) is 0 Å². The van der Waals surface area contributed by atoms with E-state index < -0.39 is 0 Å². The Bertz CT molecular complexity index is 204. The van der Waals surface area contributed by atoms with Crippen LogP contribution >= 0.6 is 0 Å². The summed E-state index contributed by atoms with van der Waals surface area (Å²) in [6, 6.07) is 0. The molecule has 0 aliphatic carbocycles. The first-order chi connectivity index (χ1) is 8.33. The Labute approximate surface area is 114 Å². The number of hydrogen-bond donors (Lipinski definition) is 0. The molecule has 1 aliphatic rings. The standard InChI is InChI=1S/C9H14O2.C5H12.C2H6/c1-3-4-5-8(2)10-6-9-7-11-9;1-5(2,3)4;1-2/h3,9H,1-2,4-7H2;1-4H3;1-2H3. The van der Waals surface area contributed by atoms with Crippen LogP contribution in [0.25, 0.3) is 0 Å². The largest absolute Gasteiger partial charge is 0.496 e. The second-order valence-electron chi connectivity index (χ2n) is 5.63. The molecule has 1 rings (SSSR count). The summed E-state index contributed by atoms with van der Waals surface area (Å²) in [7, 11) is 0. The molecule has 0 aromatic rings. The van der Waals surface area contributed by atoms with Crippen LogP contribution in [-0.4, -0.2) is 19.3 Å². The number of hydrogen-bond acceptors (Lipinski definition) is 2. The van der Waals surface area contributed by atoms with Crippen molar-refractivity contribution in [1.82, 2.24) is 0 Å². The predicted octanol–water partition coefficient (Wildman–Crippen LogP) is 4.96. The number of ether oxygens (including phenoxy) is 2. The fraction of sp³-hybridized carbons (Fsp3) is 0.750. The Morgan fingerprint density at radius 3 is 2.11 bits per heavy atom. The molecule has 1 aliphatic heterocycles. The quantitative estimate of drug-likeness (QED) is 0.380. The minimum absolute atomic E-state index is 0.329. The van der Waals surface area contributed by atoms with Gasteiger partial charge in [0.1, 0.15) is 12.7 Å². The molecule has 0 aromatic heterocycles. The summed E-state index contributed by atoms with van der Waals surface area (Å²) in [6.45, 7) is 21.6. The highest BCUT2D eigenvalue weighted by Crippen LogP contribution is 2.12. The molecule has 18 heavy (non-hydrogen) atoms. The third-order valence-corrected chi connectivity index (χ3v) is 1.50. The van der Waals surface area contributed by atoms with Gasteiger partial charge in [0.2, 0.25) is 0 Å². The maximum atomic E-state index is 5.30. The first-order valence-electron chi connectivity index (χ1n) is 6.86. The van der Waals surface area contributed by atoms with Gasteiger partial charge < -0.3 is 9.47 Å². The molecular weight excluding hydrogens is 224 g/mol. The zero-order valence-corrected chi connectivity index (χ0v) is 13.2. The van der Waals surface area contributed by atoms with Crippen molar-refractivity contribution in [2.24, 2.45) is 5.41 Å². The van der Waals surface area contributed by atoms with Crippen LogP contribution in [-0.2, 0) is 9.47 Å². The van der Waals surface area contributed by atoms with E-state index in [0.29, 0.717) is 18.1 Å². The molecule has 1 unspecified atom stereocenters. The maximum Gasteiger partial charge on any atom is 0.116 e. The summed E-state index contributed by atoms with van der Waals surface area (Å²) in [6.07, 6.45) is 4.00. The van der Waals surface area contributed by atoms with Crippen LogP contribution in [0.1, 0.15) is 54.4 Å². The summed E-state index contributed by atoms with van der Waals surface area (Å²) >= 11 is 0. The minimum atomic E-state index is 0.329. The van der Waals surface area contributed by atoms with Crippen LogP contribution in [0.5, 0.6) is 0 Å². The van der Waals surface area contributed by atoms with E-state index >= 15 is 0 Å². The van der Waals surface area contributed by atoms with Crippen molar-refractivity contribution >= 4 is 0 Å². The topological polar surface area (TPSA) is 21.8 Å². The van der Waals surface area contributed by atoms with Crippen LogP contribution in [0.15, 0.2) is 25.0 Å². The van der Waals surface area contributed by atoms with E-state index in [4.69, 9.17) is 9.47 Å². The van der Waals surface area contributed by atoms with Gasteiger partial charge in [-0.25, -0.2) is 0 Å². The monoisotopic (exact) mass is 256 g/mol. The van der Waals surface area contributed by atoms with Crippen LogP contribution in [0.4, 0.5) is 0 Å². The summed E-state index contributed by atoms with van der Waals surface area (Å²) in [5.74, 6) is 0.834. The van der Waals surface area contributed by atoms with Gasteiger partial charge in [0.25, 0.3) is 0 Å².